The Morgan fingerprint density at radius 1 is 1.50 bits per heavy atom. The van der Waals surface area contributed by atoms with E-state index in [1.165, 1.54) is 10.8 Å². The zero-order chi connectivity index (χ0) is 13.4. The predicted molar refractivity (Wildman–Crippen MR) is 63.6 cm³/mol. The van der Waals surface area contributed by atoms with Crippen molar-refractivity contribution in [2.45, 2.75) is 31.5 Å². The first-order chi connectivity index (χ1) is 8.45. The summed E-state index contributed by atoms with van der Waals surface area (Å²) in [6, 6.07) is 0. The number of H-pyrrole nitrogens is 1. The van der Waals surface area contributed by atoms with Gasteiger partial charge in [0.1, 0.15) is 18.3 Å². The molecule has 0 spiro atoms. The molecule has 4 atom stereocenters. The van der Waals surface area contributed by atoms with Gasteiger partial charge in [-0.15, -0.1) is 0 Å². The minimum atomic E-state index is -1.22. The third-order valence-corrected chi connectivity index (χ3v) is 3.25. The lowest BCUT2D eigenvalue weighted by Gasteiger charge is -2.18. The summed E-state index contributed by atoms with van der Waals surface area (Å²) in [5.41, 5.74) is 0.0873. The van der Waals surface area contributed by atoms with Crippen molar-refractivity contribution in [3.05, 3.63) is 26.9 Å². The fraction of sp³-hybridized carbons (Fsp3) is 0.600. The molecule has 1 aromatic heterocycles. The van der Waals surface area contributed by atoms with E-state index in [1.54, 1.807) is 6.92 Å². The van der Waals surface area contributed by atoms with Gasteiger partial charge in [-0.05, 0) is 19.1 Å². The van der Waals surface area contributed by atoms with Crippen molar-refractivity contribution in [2.24, 2.45) is 0 Å². The van der Waals surface area contributed by atoms with Crippen LogP contribution >= 0.6 is 12.2 Å². The second-order valence-corrected chi connectivity index (χ2v) is 4.59. The summed E-state index contributed by atoms with van der Waals surface area (Å²) in [6.07, 6.45) is -2.78. The van der Waals surface area contributed by atoms with Crippen LogP contribution in [0.2, 0.25) is 0 Å². The SMILES string of the molecule is Cc1cn([C@H]2O[C@@H](CO)[C@@H](O)[C@H]2O)c(=S)[nH]c1=O. The molecule has 4 N–H and O–H groups in total. The van der Waals surface area contributed by atoms with Gasteiger partial charge in [0.25, 0.3) is 5.56 Å². The number of hydrogen-bond acceptors (Lipinski definition) is 6. The molecule has 7 nitrogen and oxygen atoms in total. The van der Waals surface area contributed by atoms with Gasteiger partial charge in [-0.1, -0.05) is 0 Å². The van der Waals surface area contributed by atoms with Crippen molar-refractivity contribution in [1.29, 1.82) is 0 Å². The molecule has 1 aliphatic rings. The number of nitrogens with zero attached hydrogens (tertiary/aromatic N) is 1. The van der Waals surface area contributed by atoms with E-state index in [0.717, 1.165) is 0 Å². The number of aliphatic hydroxyl groups excluding tert-OH is 3. The quantitative estimate of drug-likeness (QED) is 0.506. The molecule has 0 bridgehead atoms. The number of aliphatic hydroxyl groups is 3. The van der Waals surface area contributed by atoms with Crippen LogP contribution in [-0.4, -0.2) is 49.8 Å². The van der Waals surface area contributed by atoms with Crippen molar-refractivity contribution in [3.63, 3.8) is 0 Å². The Hall–Kier alpha value is -1.06. The third kappa shape index (κ3) is 2.13. The lowest BCUT2D eigenvalue weighted by atomic mass is 10.1. The van der Waals surface area contributed by atoms with Crippen LogP contribution in [0.5, 0.6) is 0 Å². The number of ether oxygens (including phenoxy) is 1. The Kier molecular flexibility index (Phi) is 3.64. The number of aromatic amines is 1. The Bertz CT molecular complexity index is 554. The van der Waals surface area contributed by atoms with Gasteiger partial charge < -0.3 is 20.1 Å². The van der Waals surface area contributed by atoms with Crippen LogP contribution in [0.3, 0.4) is 0 Å². The zero-order valence-corrected chi connectivity index (χ0v) is 10.4. The van der Waals surface area contributed by atoms with E-state index in [1.807, 2.05) is 0 Å². The number of rotatable bonds is 2. The summed E-state index contributed by atoms with van der Waals surface area (Å²) >= 11 is 4.97. The van der Waals surface area contributed by atoms with Crippen LogP contribution in [0.4, 0.5) is 0 Å². The van der Waals surface area contributed by atoms with Crippen LogP contribution in [-0.2, 0) is 4.74 Å². The lowest BCUT2D eigenvalue weighted by molar-refractivity contribution is -0.0542. The van der Waals surface area contributed by atoms with Gasteiger partial charge in [-0.3, -0.25) is 14.3 Å². The molecule has 8 heteroatoms. The minimum Gasteiger partial charge on any atom is -0.394 e. The first-order valence-corrected chi connectivity index (χ1v) is 5.81. The summed E-state index contributed by atoms with van der Waals surface area (Å²) in [7, 11) is 0. The van der Waals surface area contributed by atoms with E-state index in [0.29, 0.717) is 5.56 Å². The zero-order valence-electron chi connectivity index (χ0n) is 9.61. The molecule has 18 heavy (non-hydrogen) atoms. The van der Waals surface area contributed by atoms with Crippen molar-refractivity contribution >= 4 is 12.2 Å². The summed E-state index contributed by atoms with van der Waals surface area (Å²) in [5.74, 6) is 0. The summed E-state index contributed by atoms with van der Waals surface area (Å²) in [5, 5.41) is 28.5. The Balaban J connectivity index is 2.42. The number of aromatic nitrogens is 2. The third-order valence-electron chi connectivity index (χ3n) is 2.94. The summed E-state index contributed by atoms with van der Waals surface area (Å²) in [6.45, 7) is 1.18. The van der Waals surface area contributed by atoms with Crippen LogP contribution < -0.4 is 5.56 Å². The molecule has 2 rings (SSSR count). The van der Waals surface area contributed by atoms with Crippen molar-refractivity contribution in [2.75, 3.05) is 6.61 Å². The molecular weight excluding hydrogens is 260 g/mol. The molecule has 0 saturated carbocycles. The highest BCUT2D eigenvalue weighted by molar-refractivity contribution is 7.71. The van der Waals surface area contributed by atoms with Crippen LogP contribution in [0.25, 0.3) is 0 Å². The first kappa shape index (κ1) is 13.4. The average molecular weight is 274 g/mol. The van der Waals surface area contributed by atoms with E-state index in [-0.39, 0.29) is 10.3 Å². The average Bonchev–Trinajstić information content (AvgIpc) is 2.61. The molecule has 0 unspecified atom stereocenters. The molecular formula is C10H14N2O5S. The van der Waals surface area contributed by atoms with E-state index in [2.05, 4.69) is 4.98 Å². The molecule has 2 heterocycles. The lowest BCUT2D eigenvalue weighted by Crippen LogP contribution is -2.33. The van der Waals surface area contributed by atoms with E-state index in [9.17, 15) is 15.0 Å². The van der Waals surface area contributed by atoms with E-state index >= 15 is 0 Å². The summed E-state index contributed by atoms with van der Waals surface area (Å²) < 4.78 is 6.76. The largest absolute Gasteiger partial charge is 0.394 e. The van der Waals surface area contributed by atoms with Gasteiger partial charge in [-0.25, -0.2) is 0 Å². The smallest absolute Gasteiger partial charge is 0.254 e. The number of hydrogen-bond donors (Lipinski definition) is 4. The first-order valence-electron chi connectivity index (χ1n) is 5.40. The van der Waals surface area contributed by atoms with Gasteiger partial charge in [0.05, 0.1) is 6.61 Å². The van der Waals surface area contributed by atoms with Gasteiger partial charge in [-0.2, -0.15) is 0 Å². The van der Waals surface area contributed by atoms with Crippen LogP contribution in [0.1, 0.15) is 11.8 Å². The van der Waals surface area contributed by atoms with E-state index in [4.69, 9.17) is 22.1 Å². The second kappa shape index (κ2) is 4.90. The normalized spacial score (nSPS) is 31.8. The molecule has 100 valence electrons. The molecule has 0 aromatic carbocycles. The fourth-order valence-corrected chi connectivity index (χ4v) is 2.13. The number of aryl methyl sites for hydroxylation is 1. The standard InChI is InChI=1S/C10H14N2O5S/c1-4-2-12(10(18)11-8(4)16)9-7(15)6(14)5(3-13)17-9/h2,5-7,9,13-15H,3H2,1H3,(H,11,16,18)/t5-,6+,7+,9-/m0/s1. The number of nitrogens with one attached hydrogen (secondary N) is 1. The van der Waals surface area contributed by atoms with Crippen LogP contribution in [0.15, 0.2) is 11.0 Å². The Morgan fingerprint density at radius 3 is 2.72 bits per heavy atom. The van der Waals surface area contributed by atoms with Gasteiger partial charge >= 0.3 is 0 Å². The Morgan fingerprint density at radius 2 is 2.17 bits per heavy atom. The molecule has 1 aliphatic heterocycles. The Labute approximate surface area is 107 Å². The molecule has 1 saturated heterocycles. The van der Waals surface area contributed by atoms with E-state index < -0.39 is 31.1 Å². The van der Waals surface area contributed by atoms with Crippen molar-refractivity contribution in [3.8, 4) is 0 Å². The van der Waals surface area contributed by atoms with Crippen LogP contribution in [0, 0.1) is 11.7 Å². The maximum absolute atomic E-state index is 11.3. The van der Waals surface area contributed by atoms with Gasteiger partial charge in [0.2, 0.25) is 0 Å². The van der Waals surface area contributed by atoms with Crippen molar-refractivity contribution < 1.29 is 20.1 Å². The van der Waals surface area contributed by atoms with Crippen molar-refractivity contribution in [1.82, 2.24) is 9.55 Å². The molecule has 1 aromatic rings. The monoisotopic (exact) mass is 274 g/mol. The molecule has 0 amide bonds. The van der Waals surface area contributed by atoms with Gasteiger partial charge in [0.15, 0.2) is 11.0 Å². The highest BCUT2D eigenvalue weighted by Crippen LogP contribution is 2.29. The predicted octanol–water partition coefficient (Wildman–Crippen LogP) is -1.17. The maximum Gasteiger partial charge on any atom is 0.254 e. The fourth-order valence-electron chi connectivity index (χ4n) is 1.88. The highest BCUT2D eigenvalue weighted by Gasteiger charge is 2.43. The highest BCUT2D eigenvalue weighted by atomic mass is 32.1. The molecule has 1 fully saturated rings. The second-order valence-electron chi connectivity index (χ2n) is 4.21. The molecule has 0 radical (unpaired) electrons. The maximum atomic E-state index is 11.3. The molecule has 0 aliphatic carbocycles. The minimum absolute atomic E-state index is 0.0837. The van der Waals surface area contributed by atoms with Gasteiger partial charge in [0, 0.05) is 11.8 Å². The topological polar surface area (TPSA) is 108 Å². The summed E-state index contributed by atoms with van der Waals surface area (Å²) in [4.78, 5) is 13.8.